The second-order valence-electron chi connectivity index (χ2n) is 9.89. The van der Waals surface area contributed by atoms with E-state index in [9.17, 15) is 9.59 Å². The number of nitrogens with two attached hydrogens (primary N) is 1. The number of rotatable bonds is 7. The van der Waals surface area contributed by atoms with Crippen molar-refractivity contribution in [2.24, 2.45) is 5.92 Å². The fraction of sp³-hybridized carbons (Fsp3) is 0.310. The van der Waals surface area contributed by atoms with Crippen LogP contribution in [0.4, 0.5) is 11.5 Å². The Hall–Kier alpha value is -3.62. The Kier molecular flexibility index (Phi) is 7.30. The first-order valence-corrected chi connectivity index (χ1v) is 13.6. The molecule has 37 heavy (non-hydrogen) atoms. The lowest BCUT2D eigenvalue weighted by atomic mass is 10.0. The van der Waals surface area contributed by atoms with Crippen molar-refractivity contribution >= 4 is 22.8 Å². The molecule has 0 aliphatic carbocycles. The van der Waals surface area contributed by atoms with Crippen molar-refractivity contribution in [3.63, 3.8) is 0 Å². The number of nitrogens with one attached hydrogen (secondary N) is 1. The third-order valence-corrected chi connectivity index (χ3v) is 8.04. The maximum Gasteiger partial charge on any atom is 0.329 e. The van der Waals surface area contributed by atoms with Gasteiger partial charge in [0.25, 0.3) is 5.56 Å². The number of nitrogen functional groups attached to an aromatic ring is 1. The number of thiophene rings is 1. The molecule has 192 valence electrons. The lowest BCUT2D eigenvalue weighted by molar-refractivity contribution is 0.213. The first-order valence-electron chi connectivity index (χ1n) is 12.7. The van der Waals surface area contributed by atoms with Crippen molar-refractivity contribution in [3.05, 3.63) is 104 Å². The first-order chi connectivity index (χ1) is 17.9. The number of hydrogen-bond donors (Lipinski definition) is 2. The molecule has 5 rings (SSSR count). The van der Waals surface area contributed by atoms with Crippen LogP contribution in [0, 0.1) is 5.92 Å². The Bertz CT molecular complexity index is 1450. The van der Waals surface area contributed by atoms with Gasteiger partial charge in [-0.05, 0) is 35.7 Å². The molecule has 3 heterocycles. The fourth-order valence-corrected chi connectivity index (χ4v) is 6.21. The van der Waals surface area contributed by atoms with E-state index >= 15 is 0 Å². The predicted octanol–water partition coefficient (Wildman–Crippen LogP) is 4.41. The van der Waals surface area contributed by atoms with Crippen LogP contribution >= 0.6 is 11.3 Å². The number of para-hydroxylation sites is 1. The number of piperazine rings is 1. The van der Waals surface area contributed by atoms with Gasteiger partial charge in [-0.2, -0.15) is 0 Å². The number of aromatic amines is 1. The van der Waals surface area contributed by atoms with Gasteiger partial charge in [0, 0.05) is 48.2 Å². The molecule has 0 bridgehead atoms. The minimum Gasteiger partial charge on any atom is -0.385 e. The van der Waals surface area contributed by atoms with E-state index in [1.165, 1.54) is 10.3 Å². The van der Waals surface area contributed by atoms with Gasteiger partial charge >= 0.3 is 5.69 Å². The number of nitrogens with zero attached hydrogens (tertiary/aromatic N) is 3. The minimum absolute atomic E-state index is 0.207. The molecule has 0 spiro atoms. The Balaban J connectivity index is 1.56. The van der Waals surface area contributed by atoms with E-state index in [1.807, 2.05) is 38.1 Å². The molecule has 1 aliphatic rings. The monoisotopic (exact) mass is 515 g/mol. The van der Waals surface area contributed by atoms with E-state index < -0.39 is 11.2 Å². The van der Waals surface area contributed by atoms with Gasteiger partial charge in [0.1, 0.15) is 5.82 Å². The maximum atomic E-state index is 13.3. The number of anilines is 2. The van der Waals surface area contributed by atoms with Gasteiger partial charge in [-0.1, -0.05) is 62.4 Å². The second kappa shape index (κ2) is 10.8. The average molecular weight is 516 g/mol. The summed E-state index contributed by atoms with van der Waals surface area (Å²) in [6.07, 6.45) is 0. The molecule has 0 saturated carbocycles. The largest absolute Gasteiger partial charge is 0.385 e. The predicted molar refractivity (Wildman–Crippen MR) is 152 cm³/mol. The summed E-state index contributed by atoms with van der Waals surface area (Å²) in [6.45, 7) is 7.70. The molecule has 2 aromatic carbocycles. The van der Waals surface area contributed by atoms with Crippen molar-refractivity contribution in [2.45, 2.75) is 26.4 Å². The Morgan fingerprint density at radius 2 is 1.54 bits per heavy atom. The lowest BCUT2D eigenvalue weighted by Crippen LogP contribution is -2.49. The summed E-state index contributed by atoms with van der Waals surface area (Å²) in [7, 11) is 0. The molecule has 3 N–H and O–H groups in total. The van der Waals surface area contributed by atoms with Crippen LogP contribution in [-0.4, -0.2) is 40.6 Å². The number of H-pyrrole nitrogens is 1. The molecule has 0 radical (unpaired) electrons. The Morgan fingerprint density at radius 1 is 0.892 bits per heavy atom. The fourth-order valence-electron chi connectivity index (χ4n) is 5.05. The summed E-state index contributed by atoms with van der Waals surface area (Å²) in [6, 6.07) is 24.5. The quantitative estimate of drug-likeness (QED) is 0.381. The van der Waals surface area contributed by atoms with E-state index in [1.54, 1.807) is 11.3 Å². The van der Waals surface area contributed by atoms with Gasteiger partial charge in [0.05, 0.1) is 11.6 Å². The van der Waals surface area contributed by atoms with Gasteiger partial charge in [-0.3, -0.25) is 19.2 Å². The SMILES string of the molecule is CC(C)Cn1c(N)c(C(c2ccc(-c3ccccc3)s2)N2CCN(c3ccccc3)CC2)c(=O)[nH]c1=O. The molecule has 1 aliphatic heterocycles. The maximum absolute atomic E-state index is 13.3. The average Bonchev–Trinajstić information content (AvgIpc) is 3.40. The Morgan fingerprint density at radius 3 is 2.19 bits per heavy atom. The summed E-state index contributed by atoms with van der Waals surface area (Å²) in [5.74, 6) is 0.464. The van der Waals surface area contributed by atoms with Crippen LogP contribution in [0.2, 0.25) is 0 Å². The van der Waals surface area contributed by atoms with Crippen LogP contribution in [0.5, 0.6) is 0 Å². The van der Waals surface area contributed by atoms with Crippen molar-refractivity contribution < 1.29 is 0 Å². The van der Waals surface area contributed by atoms with Crippen LogP contribution in [0.1, 0.15) is 30.3 Å². The highest BCUT2D eigenvalue weighted by molar-refractivity contribution is 7.15. The van der Waals surface area contributed by atoms with E-state index in [0.29, 0.717) is 12.1 Å². The second-order valence-corrected chi connectivity index (χ2v) is 11.0. The zero-order valence-corrected chi connectivity index (χ0v) is 22.1. The number of hydrogen-bond acceptors (Lipinski definition) is 6. The molecule has 1 unspecified atom stereocenters. The Labute approximate surface area is 220 Å². The zero-order valence-electron chi connectivity index (χ0n) is 21.3. The third-order valence-electron chi connectivity index (χ3n) is 6.85. The van der Waals surface area contributed by atoms with E-state index in [2.05, 4.69) is 63.3 Å². The molecule has 8 heteroatoms. The van der Waals surface area contributed by atoms with Crippen LogP contribution < -0.4 is 21.9 Å². The van der Waals surface area contributed by atoms with Crippen molar-refractivity contribution in [3.8, 4) is 10.4 Å². The zero-order chi connectivity index (χ0) is 25.9. The van der Waals surface area contributed by atoms with Gasteiger partial charge in [-0.15, -0.1) is 11.3 Å². The van der Waals surface area contributed by atoms with Crippen LogP contribution in [0.3, 0.4) is 0 Å². The van der Waals surface area contributed by atoms with Gasteiger partial charge in [-0.25, -0.2) is 4.79 Å². The van der Waals surface area contributed by atoms with Crippen molar-refractivity contribution in [1.29, 1.82) is 0 Å². The van der Waals surface area contributed by atoms with Crippen LogP contribution in [0.15, 0.2) is 82.4 Å². The molecule has 1 saturated heterocycles. The molecule has 0 amide bonds. The first kappa shape index (κ1) is 25.0. The summed E-state index contributed by atoms with van der Waals surface area (Å²) in [4.78, 5) is 35.4. The van der Waals surface area contributed by atoms with Gasteiger partial charge < -0.3 is 10.6 Å². The highest BCUT2D eigenvalue weighted by atomic mass is 32.1. The highest BCUT2D eigenvalue weighted by Crippen LogP contribution is 2.38. The molecule has 4 aromatic rings. The van der Waals surface area contributed by atoms with Crippen molar-refractivity contribution in [1.82, 2.24) is 14.5 Å². The smallest absolute Gasteiger partial charge is 0.329 e. The van der Waals surface area contributed by atoms with E-state index in [-0.39, 0.29) is 17.8 Å². The van der Waals surface area contributed by atoms with Crippen LogP contribution in [0.25, 0.3) is 10.4 Å². The highest BCUT2D eigenvalue weighted by Gasteiger charge is 2.32. The van der Waals surface area contributed by atoms with E-state index in [4.69, 9.17) is 5.73 Å². The summed E-state index contributed by atoms with van der Waals surface area (Å²) in [5, 5.41) is 0. The third kappa shape index (κ3) is 5.26. The molecule has 2 aromatic heterocycles. The van der Waals surface area contributed by atoms with Crippen molar-refractivity contribution in [2.75, 3.05) is 36.8 Å². The molecule has 1 atom stereocenters. The summed E-state index contributed by atoms with van der Waals surface area (Å²) in [5.41, 5.74) is 8.55. The summed E-state index contributed by atoms with van der Waals surface area (Å²) >= 11 is 1.67. The molecular formula is C29H33N5O2S. The minimum atomic E-state index is -0.455. The number of aromatic nitrogens is 2. The lowest BCUT2D eigenvalue weighted by Gasteiger charge is -2.40. The standard InChI is InChI=1S/C29H33N5O2S/c1-20(2)19-34-27(30)25(28(35)31-29(34)36)26(24-14-13-23(37-24)21-9-5-3-6-10-21)33-17-15-32(16-18-33)22-11-7-4-8-12-22/h3-14,20,26H,15-19,30H2,1-2H3,(H,31,35,36). The normalized spacial score (nSPS) is 15.3. The number of benzene rings is 2. The van der Waals surface area contributed by atoms with E-state index in [0.717, 1.165) is 41.5 Å². The summed E-state index contributed by atoms with van der Waals surface area (Å²) < 4.78 is 1.51. The molecular weight excluding hydrogens is 482 g/mol. The van der Waals surface area contributed by atoms with Gasteiger partial charge in [0.15, 0.2) is 0 Å². The van der Waals surface area contributed by atoms with Crippen LogP contribution in [-0.2, 0) is 6.54 Å². The molecule has 7 nitrogen and oxygen atoms in total. The topological polar surface area (TPSA) is 87.4 Å². The van der Waals surface area contributed by atoms with Gasteiger partial charge in [0.2, 0.25) is 0 Å². The molecule has 1 fully saturated rings.